The summed E-state index contributed by atoms with van der Waals surface area (Å²) >= 11 is 0. The van der Waals surface area contributed by atoms with Gasteiger partial charge in [-0.2, -0.15) is 4.98 Å². The second-order valence-electron chi connectivity index (χ2n) is 5.40. The maximum Gasteiger partial charge on any atom is 0.417 e. The molecule has 0 fully saturated rings. The smallest absolute Gasteiger partial charge is 0.417 e. The lowest BCUT2D eigenvalue weighted by molar-refractivity contribution is 0.194. The van der Waals surface area contributed by atoms with Gasteiger partial charge in [0, 0.05) is 5.41 Å². The molecular formula is C14H18N2O3. The summed E-state index contributed by atoms with van der Waals surface area (Å²) in [5.41, 5.74) is 1.69. The Morgan fingerprint density at radius 1 is 1.16 bits per heavy atom. The van der Waals surface area contributed by atoms with Gasteiger partial charge >= 0.3 is 6.08 Å². The van der Waals surface area contributed by atoms with Crippen LogP contribution in [0.2, 0.25) is 0 Å². The summed E-state index contributed by atoms with van der Waals surface area (Å²) in [6, 6.07) is 7.50. The zero-order valence-electron chi connectivity index (χ0n) is 11.4. The molecule has 0 saturated carbocycles. The first kappa shape index (κ1) is 13.5. The van der Waals surface area contributed by atoms with Crippen molar-refractivity contribution in [1.29, 1.82) is 0 Å². The Balaban J connectivity index is 1.96. The van der Waals surface area contributed by atoms with Crippen LogP contribution in [0.1, 0.15) is 37.7 Å². The summed E-state index contributed by atoms with van der Waals surface area (Å²) in [5.74, 6) is 0.623. The van der Waals surface area contributed by atoms with Gasteiger partial charge in [0.15, 0.2) is 5.82 Å². The number of nitrogens with zero attached hydrogens (tertiary/aromatic N) is 2. The van der Waals surface area contributed by atoms with Crippen molar-refractivity contribution in [2.75, 3.05) is 0 Å². The van der Waals surface area contributed by atoms with Gasteiger partial charge in [-0.15, -0.1) is 0 Å². The van der Waals surface area contributed by atoms with Crippen molar-refractivity contribution < 1.29 is 14.4 Å². The number of hydrogen-bond donors (Lipinski definition) is 1. The van der Waals surface area contributed by atoms with Crippen LogP contribution in [0.15, 0.2) is 28.8 Å². The van der Waals surface area contributed by atoms with Crippen LogP contribution in [0.4, 0.5) is 0 Å². The molecule has 0 aliphatic carbocycles. The average Bonchev–Trinajstić information content (AvgIpc) is 2.86. The summed E-state index contributed by atoms with van der Waals surface area (Å²) in [6.07, 6.45) is 0.177. The summed E-state index contributed by atoms with van der Waals surface area (Å²) < 4.78 is 10.5. The fourth-order valence-electron chi connectivity index (χ4n) is 1.46. The van der Waals surface area contributed by atoms with Gasteiger partial charge in [-0.1, -0.05) is 50.2 Å². The van der Waals surface area contributed by atoms with E-state index in [0.717, 1.165) is 11.1 Å². The van der Waals surface area contributed by atoms with Crippen molar-refractivity contribution in [2.24, 2.45) is 0 Å². The van der Waals surface area contributed by atoms with Crippen LogP contribution in [0.5, 0.6) is 6.08 Å². The molecule has 0 aliphatic rings. The van der Waals surface area contributed by atoms with E-state index in [1.165, 1.54) is 0 Å². The van der Waals surface area contributed by atoms with Crippen molar-refractivity contribution in [1.82, 2.24) is 10.1 Å². The van der Waals surface area contributed by atoms with Crippen LogP contribution in [0.3, 0.4) is 0 Å². The largest absolute Gasteiger partial charge is 0.444 e. The van der Waals surface area contributed by atoms with Crippen molar-refractivity contribution >= 4 is 0 Å². The normalized spacial score (nSPS) is 11.6. The van der Waals surface area contributed by atoms with E-state index < -0.39 is 0 Å². The quantitative estimate of drug-likeness (QED) is 0.916. The second-order valence-corrected chi connectivity index (χ2v) is 5.40. The summed E-state index contributed by atoms with van der Waals surface area (Å²) in [6.45, 7) is 6.43. The van der Waals surface area contributed by atoms with Crippen molar-refractivity contribution in [3.05, 3.63) is 41.2 Å². The van der Waals surface area contributed by atoms with E-state index >= 15 is 0 Å². The minimum atomic E-state index is -0.159. The van der Waals surface area contributed by atoms with Crippen LogP contribution in [0.25, 0.3) is 0 Å². The lowest BCUT2D eigenvalue weighted by atomic mass is 9.96. The van der Waals surface area contributed by atoms with Crippen molar-refractivity contribution in [2.45, 2.75) is 39.4 Å². The first-order valence-corrected chi connectivity index (χ1v) is 6.15. The number of ether oxygens (including phenoxy) is 1. The molecule has 0 atom stereocenters. The topological polar surface area (TPSA) is 68.4 Å². The van der Waals surface area contributed by atoms with Gasteiger partial charge in [0.2, 0.25) is 0 Å². The van der Waals surface area contributed by atoms with Crippen LogP contribution in [-0.4, -0.2) is 15.2 Å². The van der Waals surface area contributed by atoms with Gasteiger partial charge in [-0.3, -0.25) is 4.52 Å². The third-order valence-electron chi connectivity index (χ3n) is 2.65. The zero-order valence-corrected chi connectivity index (χ0v) is 11.4. The Morgan fingerprint density at radius 3 is 2.32 bits per heavy atom. The predicted octanol–water partition coefficient (Wildman–Crippen LogP) is 2.44. The molecule has 0 spiro atoms. The van der Waals surface area contributed by atoms with E-state index in [1.807, 2.05) is 45.0 Å². The number of benzene rings is 1. The Kier molecular flexibility index (Phi) is 3.85. The standard InChI is InChI=1S/C14H18N2O3/c1-14(2,3)12-15-13(19-16-12)18-9-11-6-4-10(8-17)5-7-11/h4-7,17H,8-9H2,1-3H3. The Labute approximate surface area is 112 Å². The zero-order chi connectivity index (χ0) is 13.9. The lowest BCUT2D eigenvalue weighted by Gasteiger charge is -2.10. The first-order valence-electron chi connectivity index (χ1n) is 6.15. The van der Waals surface area contributed by atoms with Gasteiger partial charge in [-0.05, 0) is 11.1 Å². The minimum absolute atomic E-state index is 0.0414. The average molecular weight is 262 g/mol. The molecule has 0 bridgehead atoms. The highest BCUT2D eigenvalue weighted by Crippen LogP contribution is 2.21. The number of hydrogen-bond acceptors (Lipinski definition) is 5. The van der Waals surface area contributed by atoms with E-state index in [0.29, 0.717) is 12.4 Å². The Bertz CT molecular complexity index is 526. The lowest BCUT2D eigenvalue weighted by Crippen LogP contribution is -2.13. The highest BCUT2D eigenvalue weighted by atomic mass is 16.6. The third kappa shape index (κ3) is 3.54. The molecule has 1 N–H and O–H groups in total. The molecular weight excluding hydrogens is 244 g/mol. The van der Waals surface area contributed by atoms with E-state index in [2.05, 4.69) is 10.1 Å². The van der Waals surface area contributed by atoms with Crippen LogP contribution < -0.4 is 4.74 Å². The SMILES string of the molecule is CC(C)(C)c1noc(OCc2ccc(CO)cc2)n1. The van der Waals surface area contributed by atoms with E-state index in [9.17, 15) is 0 Å². The summed E-state index contributed by atoms with van der Waals surface area (Å²) in [4.78, 5) is 4.19. The summed E-state index contributed by atoms with van der Waals surface area (Å²) in [5, 5.41) is 12.8. The minimum Gasteiger partial charge on any atom is -0.444 e. The van der Waals surface area contributed by atoms with Crippen LogP contribution in [-0.2, 0) is 18.6 Å². The highest BCUT2D eigenvalue weighted by molar-refractivity contribution is 5.21. The molecule has 102 valence electrons. The fraction of sp³-hybridized carbons (Fsp3) is 0.429. The molecule has 0 saturated heterocycles. The third-order valence-corrected chi connectivity index (χ3v) is 2.65. The van der Waals surface area contributed by atoms with Gasteiger partial charge < -0.3 is 9.84 Å². The monoisotopic (exact) mass is 262 g/mol. The molecule has 2 aromatic rings. The molecule has 19 heavy (non-hydrogen) atoms. The summed E-state index contributed by atoms with van der Waals surface area (Å²) in [7, 11) is 0. The van der Waals surface area contributed by atoms with Gasteiger partial charge in [-0.25, -0.2) is 0 Å². The molecule has 0 amide bonds. The van der Waals surface area contributed by atoms with Crippen LogP contribution in [0, 0.1) is 0 Å². The molecule has 5 heteroatoms. The van der Waals surface area contributed by atoms with E-state index in [-0.39, 0.29) is 18.1 Å². The molecule has 1 heterocycles. The fourth-order valence-corrected chi connectivity index (χ4v) is 1.46. The van der Waals surface area contributed by atoms with Gasteiger partial charge in [0.25, 0.3) is 0 Å². The molecule has 0 radical (unpaired) electrons. The second kappa shape index (κ2) is 5.40. The number of aliphatic hydroxyl groups is 1. The van der Waals surface area contributed by atoms with E-state index in [1.54, 1.807) is 0 Å². The Morgan fingerprint density at radius 2 is 1.79 bits per heavy atom. The molecule has 1 aromatic carbocycles. The van der Waals surface area contributed by atoms with Gasteiger partial charge in [0.1, 0.15) is 6.61 Å². The maximum atomic E-state index is 8.95. The van der Waals surface area contributed by atoms with Gasteiger partial charge in [0.05, 0.1) is 6.61 Å². The molecule has 0 aliphatic heterocycles. The number of rotatable bonds is 4. The number of aliphatic hydroxyl groups excluding tert-OH is 1. The highest BCUT2D eigenvalue weighted by Gasteiger charge is 2.21. The van der Waals surface area contributed by atoms with Crippen molar-refractivity contribution in [3.63, 3.8) is 0 Å². The number of aromatic nitrogens is 2. The predicted molar refractivity (Wildman–Crippen MR) is 69.7 cm³/mol. The molecule has 1 aromatic heterocycles. The van der Waals surface area contributed by atoms with Crippen LogP contribution >= 0.6 is 0 Å². The maximum absolute atomic E-state index is 8.95. The van der Waals surface area contributed by atoms with E-state index in [4.69, 9.17) is 14.4 Å². The Hall–Kier alpha value is -1.88. The van der Waals surface area contributed by atoms with Crippen molar-refractivity contribution in [3.8, 4) is 6.08 Å². The molecule has 2 rings (SSSR count). The first-order chi connectivity index (χ1) is 8.99. The molecule has 5 nitrogen and oxygen atoms in total. The molecule has 0 unspecified atom stereocenters.